The van der Waals surface area contributed by atoms with Crippen LogP contribution in [0.2, 0.25) is 0 Å². The number of allylic oxidation sites excluding steroid dienone is 2. The maximum Gasteiger partial charge on any atom is 0.134 e. The first kappa shape index (κ1) is 16.8. The SMILES string of the molecule is C/C=C\c1ccccc1Oc1ccc(/C(=C/C)c2ccccc2)cc1. The van der Waals surface area contributed by atoms with Crippen molar-refractivity contribution >= 4 is 11.6 Å². The predicted molar refractivity (Wildman–Crippen MR) is 107 cm³/mol. The van der Waals surface area contributed by atoms with Crippen LogP contribution in [0.15, 0.2) is 91.0 Å². The van der Waals surface area contributed by atoms with Gasteiger partial charge in [0.15, 0.2) is 0 Å². The van der Waals surface area contributed by atoms with Crippen molar-refractivity contribution in [3.63, 3.8) is 0 Å². The van der Waals surface area contributed by atoms with E-state index >= 15 is 0 Å². The number of ether oxygens (including phenoxy) is 1. The van der Waals surface area contributed by atoms with Crippen molar-refractivity contribution in [2.45, 2.75) is 13.8 Å². The van der Waals surface area contributed by atoms with Crippen LogP contribution in [0, 0.1) is 0 Å². The largest absolute Gasteiger partial charge is 0.457 e. The molecular weight excluding hydrogens is 304 g/mol. The molecule has 0 bridgehead atoms. The summed E-state index contributed by atoms with van der Waals surface area (Å²) in [4.78, 5) is 0. The van der Waals surface area contributed by atoms with Gasteiger partial charge in [0.2, 0.25) is 0 Å². The van der Waals surface area contributed by atoms with Crippen molar-refractivity contribution in [2.24, 2.45) is 0 Å². The van der Waals surface area contributed by atoms with Gasteiger partial charge in [-0.3, -0.25) is 0 Å². The average Bonchev–Trinajstić information content (AvgIpc) is 2.66. The molecule has 0 aliphatic carbocycles. The Hall–Kier alpha value is -3.06. The fraction of sp³-hybridized carbons (Fsp3) is 0.0833. The monoisotopic (exact) mass is 326 g/mol. The minimum absolute atomic E-state index is 0.837. The first-order valence-electron chi connectivity index (χ1n) is 8.53. The molecule has 3 rings (SSSR count). The first-order valence-corrected chi connectivity index (χ1v) is 8.53. The van der Waals surface area contributed by atoms with Crippen LogP contribution in [0.1, 0.15) is 30.5 Å². The highest BCUT2D eigenvalue weighted by molar-refractivity contribution is 5.79. The molecule has 0 saturated carbocycles. The highest BCUT2D eigenvalue weighted by Gasteiger charge is 2.05. The summed E-state index contributed by atoms with van der Waals surface area (Å²) in [6.07, 6.45) is 6.22. The van der Waals surface area contributed by atoms with E-state index in [4.69, 9.17) is 4.74 Å². The molecule has 0 aliphatic rings. The average molecular weight is 326 g/mol. The highest BCUT2D eigenvalue weighted by atomic mass is 16.5. The molecule has 0 fully saturated rings. The Kier molecular flexibility index (Phi) is 5.48. The van der Waals surface area contributed by atoms with Crippen LogP contribution >= 0.6 is 0 Å². The molecule has 0 aromatic heterocycles. The van der Waals surface area contributed by atoms with Gasteiger partial charge in [0.05, 0.1) is 0 Å². The predicted octanol–water partition coefficient (Wildman–Crippen LogP) is 6.96. The Morgan fingerprint density at radius 2 is 1.36 bits per heavy atom. The van der Waals surface area contributed by atoms with E-state index in [1.807, 2.05) is 49.4 Å². The molecule has 0 spiro atoms. The van der Waals surface area contributed by atoms with E-state index in [-0.39, 0.29) is 0 Å². The topological polar surface area (TPSA) is 9.23 Å². The maximum absolute atomic E-state index is 6.07. The van der Waals surface area contributed by atoms with E-state index in [2.05, 4.69) is 61.5 Å². The number of benzene rings is 3. The summed E-state index contributed by atoms with van der Waals surface area (Å²) in [5.74, 6) is 1.70. The van der Waals surface area contributed by atoms with E-state index in [9.17, 15) is 0 Å². The summed E-state index contributed by atoms with van der Waals surface area (Å²) in [7, 11) is 0. The van der Waals surface area contributed by atoms with Crippen molar-refractivity contribution < 1.29 is 4.74 Å². The minimum Gasteiger partial charge on any atom is -0.457 e. The van der Waals surface area contributed by atoms with Gasteiger partial charge in [0.25, 0.3) is 0 Å². The van der Waals surface area contributed by atoms with Gasteiger partial charge in [0, 0.05) is 5.56 Å². The van der Waals surface area contributed by atoms with Crippen molar-refractivity contribution in [3.05, 3.63) is 108 Å². The Morgan fingerprint density at radius 3 is 2.04 bits per heavy atom. The molecule has 124 valence electrons. The van der Waals surface area contributed by atoms with Crippen LogP contribution in [-0.2, 0) is 0 Å². The van der Waals surface area contributed by atoms with Gasteiger partial charge < -0.3 is 4.74 Å². The van der Waals surface area contributed by atoms with Crippen LogP contribution in [-0.4, -0.2) is 0 Å². The molecule has 0 saturated heterocycles. The fourth-order valence-electron chi connectivity index (χ4n) is 2.84. The van der Waals surface area contributed by atoms with Gasteiger partial charge in [0.1, 0.15) is 11.5 Å². The third-order valence-electron chi connectivity index (χ3n) is 4.03. The maximum atomic E-state index is 6.07. The summed E-state index contributed by atoms with van der Waals surface area (Å²) in [5, 5.41) is 0. The molecule has 0 heterocycles. The standard InChI is InChI=1S/C24H22O/c1-3-10-21-13-8-9-14-24(21)25-22-17-15-20(16-18-22)23(4-2)19-11-6-5-7-12-19/h3-18H,1-2H3/b10-3-,23-4+. The zero-order valence-corrected chi connectivity index (χ0v) is 14.6. The summed E-state index contributed by atoms with van der Waals surface area (Å²) in [6.45, 7) is 4.08. The van der Waals surface area contributed by atoms with Crippen LogP contribution < -0.4 is 4.74 Å². The molecule has 0 N–H and O–H groups in total. The molecule has 25 heavy (non-hydrogen) atoms. The van der Waals surface area contributed by atoms with E-state index in [1.54, 1.807) is 0 Å². The number of para-hydroxylation sites is 1. The van der Waals surface area contributed by atoms with Crippen LogP contribution in [0.25, 0.3) is 11.6 Å². The highest BCUT2D eigenvalue weighted by Crippen LogP contribution is 2.29. The third-order valence-corrected chi connectivity index (χ3v) is 4.03. The van der Waals surface area contributed by atoms with Gasteiger partial charge in [-0.2, -0.15) is 0 Å². The van der Waals surface area contributed by atoms with E-state index < -0.39 is 0 Å². The molecule has 3 aromatic carbocycles. The second kappa shape index (κ2) is 8.16. The fourth-order valence-corrected chi connectivity index (χ4v) is 2.84. The Bertz CT molecular complexity index is 871. The minimum atomic E-state index is 0.837. The number of hydrogen-bond acceptors (Lipinski definition) is 1. The molecule has 1 nitrogen and oxygen atoms in total. The molecular formula is C24H22O. The van der Waals surface area contributed by atoms with Gasteiger partial charge in [-0.25, -0.2) is 0 Å². The molecule has 0 aliphatic heterocycles. The Morgan fingerprint density at radius 1 is 0.720 bits per heavy atom. The second-order valence-electron chi connectivity index (χ2n) is 5.73. The summed E-state index contributed by atoms with van der Waals surface area (Å²) < 4.78 is 6.07. The van der Waals surface area contributed by atoms with Gasteiger partial charge in [-0.05, 0) is 48.7 Å². The van der Waals surface area contributed by atoms with Gasteiger partial charge in [-0.1, -0.05) is 78.9 Å². The van der Waals surface area contributed by atoms with Crippen LogP contribution in [0.3, 0.4) is 0 Å². The van der Waals surface area contributed by atoms with Crippen molar-refractivity contribution in [3.8, 4) is 11.5 Å². The van der Waals surface area contributed by atoms with Gasteiger partial charge >= 0.3 is 0 Å². The van der Waals surface area contributed by atoms with Crippen molar-refractivity contribution in [2.75, 3.05) is 0 Å². The summed E-state index contributed by atoms with van der Waals surface area (Å²) >= 11 is 0. The molecule has 1 heteroatoms. The number of rotatable bonds is 5. The third kappa shape index (κ3) is 4.07. The Balaban J connectivity index is 1.84. The smallest absolute Gasteiger partial charge is 0.134 e. The molecule has 3 aromatic rings. The van der Waals surface area contributed by atoms with Crippen LogP contribution in [0.4, 0.5) is 0 Å². The molecule has 0 radical (unpaired) electrons. The van der Waals surface area contributed by atoms with Crippen molar-refractivity contribution in [1.82, 2.24) is 0 Å². The van der Waals surface area contributed by atoms with E-state index in [0.717, 1.165) is 17.1 Å². The van der Waals surface area contributed by atoms with Crippen LogP contribution in [0.5, 0.6) is 11.5 Å². The molecule has 0 unspecified atom stereocenters. The van der Waals surface area contributed by atoms with E-state index in [0.29, 0.717) is 0 Å². The quantitative estimate of drug-likeness (QED) is 0.492. The Labute approximate surface area is 149 Å². The first-order chi connectivity index (χ1) is 12.3. The zero-order valence-electron chi connectivity index (χ0n) is 14.6. The zero-order chi connectivity index (χ0) is 17.5. The summed E-state index contributed by atoms with van der Waals surface area (Å²) in [6, 6.07) is 26.7. The molecule has 0 atom stereocenters. The lowest BCUT2D eigenvalue weighted by atomic mass is 9.98. The lowest BCUT2D eigenvalue weighted by Gasteiger charge is -2.11. The second-order valence-corrected chi connectivity index (χ2v) is 5.73. The normalized spacial score (nSPS) is 11.7. The molecule has 0 amide bonds. The van der Waals surface area contributed by atoms with Gasteiger partial charge in [-0.15, -0.1) is 0 Å². The lowest BCUT2D eigenvalue weighted by molar-refractivity contribution is 0.481. The summed E-state index contributed by atoms with van der Waals surface area (Å²) in [5.41, 5.74) is 4.70. The van der Waals surface area contributed by atoms with E-state index in [1.165, 1.54) is 16.7 Å². The number of hydrogen-bond donors (Lipinski definition) is 0. The lowest BCUT2D eigenvalue weighted by Crippen LogP contribution is -1.90. The van der Waals surface area contributed by atoms with Crippen molar-refractivity contribution in [1.29, 1.82) is 0 Å².